The van der Waals surface area contributed by atoms with Crippen LogP contribution >= 0.6 is 0 Å². The SMILES string of the molecule is COCC(c1ccccc1)n1nc(OC)oc1=O. The van der Waals surface area contributed by atoms with E-state index in [1.807, 2.05) is 30.3 Å². The molecule has 0 amide bonds. The lowest BCUT2D eigenvalue weighted by atomic mass is 10.1. The van der Waals surface area contributed by atoms with Crippen LogP contribution in [0, 0.1) is 0 Å². The molecule has 0 saturated carbocycles. The Bertz CT molecular complexity index is 547. The Morgan fingerprint density at radius 3 is 2.61 bits per heavy atom. The van der Waals surface area contributed by atoms with E-state index in [-0.39, 0.29) is 12.1 Å². The Balaban J connectivity index is 2.41. The number of hydrogen-bond acceptors (Lipinski definition) is 5. The zero-order chi connectivity index (χ0) is 13.0. The molecule has 2 rings (SSSR count). The molecule has 0 fully saturated rings. The molecule has 96 valence electrons. The van der Waals surface area contributed by atoms with Crippen molar-refractivity contribution in [3.05, 3.63) is 46.4 Å². The third-order valence-corrected chi connectivity index (χ3v) is 2.53. The molecule has 6 nitrogen and oxygen atoms in total. The fraction of sp³-hybridized carbons (Fsp3) is 0.333. The standard InChI is InChI=1S/C12H14N2O4/c1-16-8-10(9-6-4-3-5-7-9)14-12(15)18-11(13-14)17-2/h3-7,10H,8H2,1-2H3. The van der Waals surface area contributed by atoms with E-state index in [9.17, 15) is 4.79 Å². The molecule has 1 heterocycles. The molecule has 18 heavy (non-hydrogen) atoms. The molecular weight excluding hydrogens is 236 g/mol. The Kier molecular flexibility index (Phi) is 3.78. The minimum Gasteiger partial charge on any atom is -0.452 e. The van der Waals surface area contributed by atoms with E-state index < -0.39 is 5.76 Å². The molecule has 0 bridgehead atoms. The van der Waals surface area contributed by atoms with Crippen molar-refractivity contribution in [1.29, 1.82) is 0 Å². The van der Waals surface area contributed by atoms with E-state index in [2.05, 4.69) is 5.10 Å². The van der Waals surface area contributed by atoms with Crippen LogP contribution in [0.3, 0.4) is 0 Å². The minimum absolute atomic E-state index is 0.0583. The molecule has 6 heteroatoms. The van der Waals surface area contributed by atoms with Crippen molar-refractivity contribution in [2.45, 2.75) is 6.04 Å². The van der Waals surface area contributed by atoms with Crippen LogP contribution in [-0.2, 0) is 4.74 Å². The quantitative estimate of drug-likeness (QED) is 0.794. The maximum atomic E-state index is 11.7. The average molecular weight is 250 g/mol. The van der Waals surface area contributed by atoms with Crippen molar-refractivity contribution in [2.24, 2.45) is 0 Å². The first-order valence-electron chi connectivity index (χ1n) is 5.43. The van der Waals surface area contributed by atoms with Crippen LogP contribution in [0.2, 0.25) is 0 Å². The Hall–Kier alpha value is -2.08. The molecule has 1 aromatic heterocycles. The summed E-state index contributed by atoms with van der Waals surface area (Å²) in [6.45, 7) is 0.319. The highest BCUT2D eigenvalue weighted by Gasteiger charge is 2.20. The summed E-state index contributed by atoms with van der Waals surface area (Å²) < 4.78 is 16.0. The van der Waals surface area contributed by atoms with Crippen molar-refractivity contribution in [3.63, 3.8) is 0 Å². The van der Waals surface area contributed by atoms with Crippen LogP contribution in [0.15, 0.2) is 39.5 Å². The van der Waals surface area contributed by atoms with Crippen molar-refractivity contribution in [1.82, 2.24) is 9.78 Å². The van der Waals surface area contributed by atoms with Crippen LogP contribution in [0.4, 0.5) is 0 Å². The summed E-state index contributed by atoms with van der Waals surface area (Å²) in [5.74, 6) is -0.572. The first-order chi connectivity index (χ1) is 8.76. The number of aromatic nitrogens is 2. The van der Waals surface area contributed by atoms with Gasteiger partial charge >= 0.3 is 11.8 Å². The van der Waals surface area contributed by atoms with Gasteiger partial charge in [0.15, 0.2) is 0 Å². The van der Waals surface area contributed by atoms with E-state index in [0.717, 1.165) is 5.56 Å². The van der Waals surface area contributed by atoms with Crippen molar-refractivity contribution >= 4 is 0 Å². The monoisotopic (exact) mass is 250 g/mol. The van der Waals surface area contributed by atoms with Gasteiger partial charge in [0.05, 0.1) is 13.7 Å². The summed E-state index contributed by atoms with van der Waals surface area (Å²) in [6.07, 6.45) is -0.0583. The lowest BCUT2D eigenvalue weighted by Gasteiger charge is -2.14. The predicted octanol–water partition coefficient (Wildman–Crippen LogP) is 1.08. The number of ether oxygens (including phenoxy) is 2. The number of nitrogens with zero attached hydrogens (tertiary/aromatic N) is 2. The van der Waals surface area contributed by atoms with Crippen LogP contribution in [0.5, 0.6) is 6.08 Å². The van der Waals surface area contributed by atoms with Crippen LogP contribution in [0.1, 0.15) is 11.6 Å². The molecule has 0 aliphatic rings. The van der Waals surface area contributed by atoms with Crippen LogP contribution in [-0.4, -0.2) is 30.6 Å². The molecule has 1 atom stereocenters. The van der Waals surface area contributed by atoms with E-state index in [0.29, 0.717) is 6.61 Å². The smallest absolute Gasteiger partial charge is 0.440 e. The van der Waals surface area contributed by atoms with Gasteiger partial charge in [-0.2, -0.15) is 4.68 Å². The first kappa shape index (κ1) is 12.4. The zero-order valence-electron chi connectivity index (χ0n) is 10.2. The second-order valence-corrected chi connectivity index (χ2v) is 3.66. The van der Waals surface area contributed by atoms with E-state index in [1.54, 1.807) is 7.11 Å². The summed E-state index contributed by atoms with van der Waals surface area (Å²) in [5, 5.41) is 3.96. The molecule has 2 aromatic rings. The van der Waals surface area contributed by atoms with Gasteiger partial charge < -0.3 is 13.9 Å². The zero-order valence-corrected chi connectivity index (χ0v) is 10.2. The van der Waals surface area contributed by atoms with Crippen molar-refractivity contribution < 1.29 is 13.9 Å². The molecule has 1 aromatic carbocycles. The van der Waals surface area contributed by atoms with Gasteiger partial charge in [0.2, 0.25) is 0 Å². The Morgan fingerprint density at radius 1 is 1.33 bits per heavy atom. The predicted molar refractivity (Wildman–Crippen MR) is 63.8 cm³/mol. The van der Waals surface area contributed by atoms with Gasteiger partial charge in [0.25, 0.3) is 0 Å². The highest BCUT2D eigenvalue weighted by molar-refractivity contribution is 5.19. The Morgan fingerprint density at radius 2 is 2.06 bits per heavy atom. The fourth-order valence-corrected chi connectivity index (χ4v) is 1.69. The summed E-state index contributed by atoms with van der Waals surface area (Å²) in [7, 11) is 2.96. The summed E-state index contributed by atoms with van der Waals surface area (Å²) in [6, 6.07) is 9.14. The second-order valence-electron chi connectivity index (χ2n) is 3.66. The highest BCUT2D eigenvalue weighted by Crippen LogP contribution is 2.17. The summed E-state index contributed by atoms with van der Waals surface area (Å²) >= 11 is 0. The van der Waals surface area contributed by atoms with Crippen molar-refractivity contribution in [2.75, 3.05) is 20.8 Å². The highest BCUT2D eigenvalue weighted by atomic mass is 16.6. The average Bonchev–Trinajstić information content (AvgIpc) is 2.78. The molecular formula is C12H14N2O4. The van der Waals surface area contributed by atoms with Crippen molar-refractivity contribution in [3.8, 4) is 6.08 Å². The van der Waals surface area contributed by atoms with Gasteiger partial charge in [-0.15, -0.1) is 0 Å². The molecule has 0 spiro atoms. The first-order valence-corrected chi connectivity index (χ1v) is 5.43. The normalized spacial score (nSPS) is 12.3. The molecule has 0 radical (unpaired) electrons. The molecule has 0 aliphatic heterocycles. The lowest BCUT2D eigenvalue weighted by Crippen LogP contribution is -2.26. The number of benzene rings is 1. The topological polar surface area (TPSA) is 66.5 Å². The van der Waals surface area contributed by atoms with E-state index in [4.69, 9.17) is 13.9 Å². The molecule has 0 N–H and O–H groups in total. The third kappa shape index (κ3) is 2.43. The fourth-order valence-electron chi connectivity index (χ4n) is 1.69. The maximum absolute atomic E-state index is 11.7. The maximum Gasteiger partial charge on any atom is 0.440 e. The second kappa shape index (κ2) is 5.50. The van der Waals surface area contributed by atoms with E-state index >= 15 is 0 Å². The van der Waals surface area contributed by atoms with Crippen LogP contribution < -0.4 is 10.5 Å². The van der Waals surface area contributed by atoms with Gasteiger partial charge in [-0.25, -0.2) is 4.79 Å². The van der Waals surface area contributed by atoms with Gasteiger partial charge in [0, 0.05) is 7.11 Å². The van der Waals surface area contributed by atoms with Gasteiger partial charge in [0.1, 0.15) is 6.04 Å². The van der Waals surface area contributed by atoms with Gasteiger partial charge in [-0.05, 0) is 5.56 Å². The summed E-state index contributed by atoms with van der Waals surface area (Å²) in [4.78, 5) is 11.7. The summed E-state index contributed by atoms with van der Waals surface area (Å²) in [5.41, 5.74) is 0.914. The van der Waals surface area contributed by atoms with E-state index in [1.165, 1.54) is 11.8 Å². The molecule has 1 unspecified atom stereocenters. The number of methoxy groups -OCH3 is 2. The number of hydrogen-bond donors (Lipinski definition) is 0. The van der Waals surface area contributed by atoms with Crippen LogP contribution in [0.25, 0.3) is 0 Å². The molecule has 0 aliphatic carbocycles. The Labute approximate surface area is 104 Å². The number of rotatable bonds is 5. The van der Waals surface area contributed by atoms with Gasteiger partial charge in [-0.3, -0.25) is 0 Å². The van der Waals surface area contributed by atoms with Gasteiger partial charge in [-0.1, -0.05) is 35.4 Å². The largest absolute Gasteiger partial charge is 0.452 e. The molecule has 0 saturated heterocycles. The minimum atomic E-state index is -0.572. The lowest BCUT2D eigenvalue weighted by molar-refractivity contribution is 0.161. The third-order valence-electron chi connectivity index (χ3n) is 2.53.